The highest BCUT2D eigenvalue weighted by Gasteiger charge is 2.26. The Morgan fingerprint density at radius 3 is 2.71 bits per heavy atom. The number of likely N-dealkylation sites (N-methyl/N-ethyl adjacent to an activating group) is 1. The molecule has 2 aliphatic heterocycles. The van der Waals surface area contributed by atoms with E-state index < -0.39 is 5.91 Å². The van der Waals surface area contributed by atoms with Crippen LogP contribution in [0.1, 0.15) is 33.6 Å². The average Bonchev–Trinajstić information content (AvgIpc) is 2.80. The zero-order valence-electron chi connectivity index (χ0n) is 18.9. The van der Waals surface area contributed by atoms with Gasteiger partial charge in [-0.3, -0.25) is 14.4 Å². The second-order valence-electron chi connectivity index (χ2n) is 8.39. The van der Waals surface area contributed by atoms with Crippen LogP contribution in [-0.2, 0) is 4.79 Å². The molecule has 3 amide bonds. The highest BCUT2D eigenvalue weighted by Crippen LogP contribution is 2.24. The number of primary amides is 1. The Morgan fingerprint density at radius 1 is 1.21 bits per heavy atom. The van der Waals surface area contributed by atoms with Gasteiger partial charge in [-0.25, -0.2) is 4.98 Å². The first kappa shape index (κ1) is 25.2. The number of carbonyl (C=O) groups is 3. The molecule has 2 fully saturated rings. The lowest BCUT2D eigenvalue weighted by Crippen LogP contribution is -2.50. The van der Waals surface area contributed by atoms with Crippen molar-refractivity contribution in [3.8, 4) is 0 Å². The predicted molar refractivity (Wildman–Crippen MR) is 130 cm³/mol. The molecule has 0 aliphatic carbocycles. The Labute approximate surface area is 203 Å². The van der Waals surface area contributed by atoms with Gasteiger partial charge in [0.25, 0.3) is 11.8 Å². The number of benzene rings is 1. The van der Waals surface area contributed by atoms with Gasteiger partial charge in [0.2, 0.25) is 11.9 Å². The van der Waals surface area contributed by atoms with Crippen LogP contribution in [0.2, 0.25) is 0 Å². The second kappa shape index (κ2) is 10.7. The SMILES string of the molecule is CN1CCN(C(=O)c2cccc(Nc3nc(N4CCCC(N)C4)ncc3C(N)=O)c2)CC1=O.Cl. The summed E-state index contributed by atoms with van der Waals surface area (Å²) < 4.78 is 0. The van der Waals surface area contributed by atoms with Crippen LogP contribution in [0, 0.1) is 0 Å². The molecule has 3 heterocycles. The molecule has 1 aromatic carbocycles. The topological polar surface area (TPSA) is 151 Å². The maximum atomic E-state index is 12.9. The number of halogens is 1. The van der Waals surface area contributed by atoms with Crippen molar-refractivity contribution in [1.29, 1.82) is 0 Å². The molecule has 5 N–H and O–H groups in total. The molecule has 2 saturated heterocycles. The number of piperidine rings is 1. The maximum absolute atomic E-state index is 12.9. The van der Waals surface area contributed by atoms with E-state index in [0.717, 1.165) is 19.4 Å². The van der Waals surface area contributed by atoms with Gasteiger partial charge in [-0.2, -0.15) is 4.98 Å². The molecule has 2 aromatic rings. The maximum Gasteiger partial charge on any atom is 0.254 e. The monoisotopic (exact) mass is 488 g/mol. The third-order valence-electron chi connectivity index (χ3n) is 5.90. The number of amides is 3. The largest absolute Gasteiger partial charge is 0.365 e. The lowest BCUT2D eigenvalue weighted by atomic mass is 10.1. The summed E-state index contributed by atoms with van der Waals surface area (Å²) in [5, 5.41) is 3.10. The fourth-order valence-electron chi connectivity index (χ4n) is 3.97. The van der Waals surface area contributed by atoms with Crippen molar-refractivity contribution in [2.24, 2.45) is 11.5 Å². The van der Waals surface area contributed by atoms with Crippen LogP contribution in [-0.4, -0.2) is 83.3 Å². The molecule has 34 heavy (non-hydrogen) atoms. The Hall–Kier alpha value is -3.44. The number of carbonyl (C=O) groups excluding carboxylic acids is 3. The van der Waals surface area contributed by atoms with E-state index >= 15 is 0 Å². The minimum atomic E-state index is -0.664. The lowest BCUT2D eigenvalue weighted by Gasteiger charge is -2.32. The van der Waals surface area contributed by atoms with E-state index in [1.165, 1.54) is 11.1 Å². The minimum absolute atomic E-state index is 0. The van der Waals surface area contributed by atoms with Gasteiger partial charge in [-0.1, -0.05) is 6.07 Å². The van der Waals surface area contributed by atoms with Gasteiger partial charge in [0, 0.05) is 56.7 Å². The molecule has 182 valence electrons. The number of nitrogens with two attached hydrogens (primary N) is 2. The first-order chi connectivity index (χ1) is 15.8. The predicted octanol–water partition coefficient (Wildman–Crippen LogP) is 0.583. The van der Waals surface area contributed by atoms with Gasteiger partial charge in [-0.05, 0) is 31.0 Å². The highest BCUT2D eigenvalue weighted by molar-refractivity contribution is 5.99. The zero-order valence-corrected chi connectivity index (χ0v) is 19.8. The second-order valence-corrected chi connectivity index (χ2v) is 8.39. The van der Waals surface area contributed by atoms with Crippen molar-refractivity contribution in [3.05, 3.63) is 41.6 Å². The van der Waals surface area contributed by atoms with Crippen LogP contribution in [0.5, 0.6) is 0 Å². The average molecular weight is 489 g/mol. The quantitative estimate of drug-likeness (QED) is 0.553. The van der Waals surface area contributed by atoms with Crippen LogP contribution < -0.4 is 21.7 Å². The molecule has 0 spiro atoms. The highest BCUT2D eigenvalue weighted by atomic mass is 35.5. The molecule has 1 atom stereocenters. The molecule has 0 radical (unpaired) electrons. The Morgan fingerprint density at radius 2 is 2.00 bits per heavy atom. The number of rotatable bonds is 5. The number of hydrogen-bond acceptors (Lipinski definition) is 8. The van der Waals surface area contributed by atoms with E-state index in [-0.39, 0.29) is 48.2 Å². The Bertz CT molecular complexity index is 1080. The third-order valence-corrected chi connectivity index (χ3v) is 5.90. The molecule has 2 aliphatic rings. The van der Waals surface area contributed by atoms with E-state index in [1.807, 2.05) is 4.90 Å². The van der Waals surface area contributed by atoms with E-state index in [0.29, 0.717) is 36.8 Å². The van der Waals surface area contributed by atoms with Crippen molar-refractivity contribution in [1.82, 2.24) is 19.8 Å². The van der Waals surface area contributed by atoms with Crippen LogP contribution in [0.3, 0.4) is 0 Å². The van der Waals surface area contributed by atoms with Crippen LogP contribution in [0.4, 0.5) is 17.5 Å². The number of nitrogens with zero attached hydrogens (tertiary/aromatic N) is 5. The number of aromatic nitrogens is 2. The molecule has 12 heteroatoms. The summed E-state index contributed by atoms with van der Waals surface area (Å²) in [6, 6.07) is 6.87. The van der Waals surface area contributed by atoms with E-state index in [9.17, 15) is 14.4 Å². The molecular weight excluding hydrogens is 460 g/mol. The molecule has 0 saturated carbocycles. The fourth-order valence-corrected chi connectivity index (χ4v) is 3.97. The van der Waals surface area contributed by atoms with Crippen molar-refractivity contribution in [3.63, 3.8) is 0 Å². The van der Waals surface area contributed by atoms with Gasteiger partial charge >= 0.3 is 0 Å². The van der Waals surface area contributed by atoms with Crippen molar-refractivity contribution in [2.75, 3.05) is 50.0 Å². The Balaban J connectivity index is 0.00000324. The molecule has 1 unspecified atom stereocenters. The molecular formula is C22H29ClN8O3. The molecule has 4 rings (SSSR count). The molecule has 11 nitrogen and oxygen atoms in total. The van der Waals surface area contributed by atoms with E-state index in [1.54, 1.807) is 36.2 Å². The van der Waals surface area contributed by atoms with Gasteiger partial charge in [-0.15, -0.1) is 12.4 Å². The number of hydrogen-bond donors (Lipinski definition) is 3. The minimum Gasteiger partial charge on any atom is -0.365 e. The summed E-state index contributed by atoms with van der Waals surface area (Å²) in [6.45, 7) is 2.41. The summed E-state index contributed by atoms with van der Waals surface area (Å²) in [6.07, 6.45) is 3.28. The van der Waals surface area contributed by atoms with Gasteiger partial charge in [0.1, 0.15) is 17.9 Å². The summed E-state index contributed by atoms with van der Waals surface area (Å²) >= 11 is 0. The third kappa shape index (κ3) is 5.54. The lowest BCUT2D eigenvalue weighted by molar-refractivity contribution is -0.133. The van der Waals surface area contributed by atoms with E-state index in [2.05, 4.69) is 15.3 Å². The number of nitrogens with one attached hydrogen (secondary N) is 1. The smallest absolute Gasteiger partial charge is 0.254 e. The van der Waals surface area contributed by atoms with Crippen molar-refractivity contribution < 1.29 is 14.4 Å². The first-order valence-electron chi connectivity index (χ1n) is 10.9. The summed E-state index contributed by atoms with van der Waals surface area (Å²) in [4.78, 5) is 50.8. The van der Waals surface area contributed by atoms with Crippen molar-refractivity contribution in [2.45, 2.75) is 18.9 Å². The number of anilines is 3. The fraction of sp³-hybridized carbons (Fsp3) is 0.409. The van der Waals surface area contributed by atoms with Crippen LogP contribution >= 0.6 is 12.4 Å². The molecule has 0 bridgehead atoms. The summed E-state index contributed by atoms with van der Waals surface area (Å²) in [5.41, 5.74) is 12.7. The van der Waals surface area contributed by atoms with Gasteiger partial charge in [0.05, 0.1) is 0 Å². The zero-order chi connectivity index (χ0) is 23.5. The standard InChI is InChI=1S/C22H28N8O3.ClH/c1-28-8-9-29(13-18(28)31)21(33)14-4-2-6-16(10-14)26-20-17(19(24)32)11-25-22(27-20)30-7-3-5-15(23)12-30;/h2,4,6,10-11,15H,3,5,7-9,12-13,23H2,1H3,(H2,24,32)(H,25,26,27);1H. The summed E-state index contributed by atoms with van der Waals surface area (Å²) in [7, 11) is 1.72. The van der Waals surface area contributed by atoms with Crippen molar-refractivity contribution >= 4 is 47.6 Å². The van der Waals surface area contributed by atoms with Crippen LogP contribution in [0.15, 0.2) is 30.5 Å². The first-order valence-corrected chi connectivity index (χ1v) is 10.9. The van der Waals surface area contributed by atoms with Crippen LogP contribution in [0.25, 0.3) is 0 Å². The Kier molecular flexibility index (Phi) is 7.90. The van der Waals surface area contributed by atoms with E-state index in [4.69, 9.17) is 11.5 Å². The normalized spacial score (nSPS) is 18.4. The molecule has 1 aromatic heterocycles. The van der Waals surface area contributed by atoms with Gasteiger partial charge in [0.15, 0.2) is 0 Å². The summed E-state index contributed by atoms with van der Waals surface area (Å²) in [5.74, 6) is -0.281. The van der Waals surface area contributed by atoms with Gasteiger partial charge < -0.3 is 31.5 Å². The number of piperazine rings is 1.